The number of aliphatic carboxylic acids is 1. The van der Waals surface area contributed by atoms with Gasteiger partial charge in [0.1, 0.15) is 12.1 Å². The highest BCUT2D eigenvalue weighted by Gasteiger charge is 2.19. The molecule has 2 atom stereocenters. The van der Waals surface area contributed by atoms with Crippen molar-refractivity contribution in [3.63, 3.8) is 0 Å². The molecule has 0 spiro atoms. The number of allylic oxidation sites excluding steroid dienone is 10. The Balaban J connectivity index is 4.40. The van der Waals surface area contributed by atoms with Crippen LogP contribution in [0.4, 0.5) is 0 Å². The van der Waals surface area contributed by atoms with Crippen LogP contribution in [-0.2, 0) is 23.9 Å². The van der Waals surface area contributed by atoms with Crippen LogP contribution < -0.4 is 10.6 Å². The molecule has 9 heteroatoms. The number of rotatable bonds is 39. The summed E-state index contributed by atoms with van der Waals surface area (Å²) in [6.07, 6.45) is 49.6. The average molecular weight is 785 g/mol. The van der Waals surface area contributed by atoms with Crippen molar-refractivity contribution in [2.24, 2.45) is 0 Å². The summed E-state index contributed by atoms with van der Waals surface area (Å²) in [4.78, 5) is 47.6. The van der Waals surface area contributed by atoms with Gasteiger partial charge >= 0.3 is 11.9 Å². The maximum atomic E-state index is 12.8. The van der Waals surface area contributed by atoms with Gasteiger partial charge in [0.2, 0.25) is 11.8 Å². The second-order valence-electron chi connectivity index (χ2n) is 14.8. The first kappa shape index (κ1) is 52.5. The fraction of sp³-hybridized carbons (Fsp3) is 0.702. The maximum absolute atomic E-state index is 12.8. The number of nitrogens with one attached hydrogen (secondary N) is 2. The number of amides is 2. The predicted molar refractivity (Wildman–Crippen MR) is 231 cm³/mol. The number of hydrogen-bond donors (Lipinski definition) is 4. The third-order valence-electron chi connectivity index (χ3n) is 9.53. The number of ether oxygens (including phenoxy) is 1. The topological polar surface area (TPSA) is 142 Å². The van der Waals surface area contributed by atoms with Crippen LogP contribution >= 0.6 is 0 Å². The second-order valence-corrected chi connectivity index (χ2v) is 14.8. The number of hydrogen-bond acceptors (Lipinski definition) is 6. The summed E-state index contributed by atoms with van der Waals surface area (Å²) in [6.45, 7) is 3.36. The Morgan fingerprint density at radius 3 is 1.50 bits per heavy atom. The number of carbonyl (C=O) groups is 4. The zero-order valence-electron chi connectivity index (χ0n) is 35.4. The molecule has 0 saturated carbocycles. The molecule has 0 aliphatic heterocycles. The van der Waals surface area contributed by atoms with E-state index in [-0.39, 0.29) is 30.9 Å². The number of carbonyl (C=O) groups excluding carboxylic acids is 3. The van der Waals surface area contributed by atoms with Gasteiger partial charge < -0.3 is 25.6 Å². The van der Waals surface area contributed by atoms with Crippen molar-refractivity contribution in [3.8, 4) is 0 Å². The molecule has 320 valence electrons. The van der Waals surface area contributed by atoms with Crippen LogP contribution in [0.2, 0.25) is 0 Å². The Labute approximate surface area is 341 Å². The molecule has 0 aromatic rings. The van der Waals surface area contributed by atoms with E-state index >= 15 is 0 Å². The van der Waals surface area contributed by atoms with E-state index in [1.165, 1.54) is 64.2 Å². The van der Waals surface area contributed by atoms with Crippen molar-refractivity contribution in [1.29, 1.82) is 0 Å². The van der Waals surface area contributed by atoms with Crippen LogP contribution in [0.25, 0.3) is 0 Å². The maximum Gasteiger partial charge on any atom is 0.328 e. The normalized spacial score (nSPS) is 13.1. The summed E-state index contributed by atoms with van der Waals surface area (Å²) < 4.78 is 6.00. The second kappa shape index (κ2) is 41.2. The Morgan fingerprint density at radius 2 is 1.02 bits per heavy atom. The van der Waals surface area contributed by atoms with Crippen LogP contribution in [0.1, 0.15) is 187 Å². The fourth-order valence-electron chi connectivity index (χ4n) is 6.16. The van der Waals surface area contributed by atoms with Gasteiger partial charge in [-0.25, -0.2) is 4.79 Å². The van der Waals surface area contributed by atoms with Crippen molar-refractivity contribution >= 4 is 23.8 Å². The van der Waals surface area contributed by atoms with Crippen molar-refractivity contribution in [3.05, 3.63) is 60.8 Å². The number of aliphatic hydroxyl groups excluding tert-OH is 1. The van der Waals surface area contributed by atoms with Crippen LogP contribution in [-0.4, -0.2) is 59.3 Å². The zero-order valence-corrected chi connectivity index (χ0v) is 35.4. The molecule has 56 heavy (non-hydrogen) atoms. The summed E-state index contributed by atoms with van der Waals surface area (Å²) in [7, 11) is 0. The van der Waals surface area contributed by atoms with Crippen LogP contribution in [0.5, 0.6) is 0 Å². The highest BCUT2D eigenvalue weighted by molar-refractivity contribution is 5.87. The molecule has 0 rings (SSSR count). The zero-order chi connectivity index (χ0) is 41.2. The Bertz CT molecular complexity index is 1130. The van der Waals surface area contributed by atoms with Crippen LogP contribution in [0.15, 0.2) is 60.8 Å². The van der Waals surface area contributed by atoms with Gasteiger partial charge in [-0.3, -0.25) is 14.4 Å². The Kier molecular flexibility index (Phi) is 38.6. The third kappa shape index (κ3) is 37.5. The van der Waals surface area contributed by atoms with Crippen molar-refractivity contribution in [2.45, 2.75) is 199 Å². The minimum absolute atomic E-state index is 0.0433. The summed E-state index contributed by atoms with van der Waals surface area (Å²) >= 11 is 0. The molecule has 2 unspecified atom stereocenters. The SMILES string of the molecule is CC/C=C\C/C=C\C/C=C\C/C=C\C/C=C\CCCC(=O)OC(CCCCCCCCCCCCC)CCCCCCCC(=O)NCC(=O)NC(CO)C(=O)O. The first-order valence-electron chi connectivity index (χ1n) is 22.2. The van der Waals surface area contributed by atoms with Gasteiger partial charge in [0, 0.05) is 12.8 Å². The van der Waals surface area contributed by atoms with E-state index in [1.54, 1.807) is 0 Å². The van der Waals surface area contributed by atoms with Crippen LogP contribution in [0.3, 0.4) is 0 Å². The Hall–Kier alpha value is -3.46. The van der Waals surface area contributed by atoms with E-state index in [4.69, 9.17) is 14.9 Å². The summed E-state index contributed by atoms with van der Waals surface area (Å²) in [5.74, 6) is -2.36. The molecule has 0 bridgehead atoms. The van der Waals surface area contributed by atoms with Crippen molar-refractivity contribution in [2.75, 3.05) is 13.2 Å². The molecule has 0 fully saturated rings. The molecule has 0 aromatic carbocycles. The lowest BCUT2D eigenvalue weighted by molar-refractivity contribution is -0.150. The summed E-state index contributed by atoms with van der Waals surface area (Å²) in [5.41, 5.74) is 0. The van der Waals surface area contributed by atoms with Gasteiger partial charge in [-0.15, -0.1) is 0 Å². The van der Waals surface area contributed by atoms with Gasteiger partial charge in [-0.1, -0.05) is 158 Å². The smallest absolute Gasteiger partial charge is 0.328 e. The molecule has 0 aliphatic rings. The molecular weight excluding hydrogens is 705 g/mol. The third-order valence-corrected chi connectivity index (χ3v) is 9.53. The minimum Gasteiger partial charge on any atom is -0.480 e. The van der Waals surface area contributed by atoms with Gasteiger partial charge in [0.25, 0.3) is 0 Å². The molecule has 0 aliphatic carbocycles. The van der Waals surface area contributed by atoms with Gasteiger partial charge in [-0.2, -0.15) is 0 Å². The van der Waals surface area contributed by atoms with Gasteiger partial charge in [-0.05, 0) is 77.0 Å². The first-order valence-corrected chi connectivity index (χ1v) is 22.2. The Morgan fingerprint density at radius 1 is 0.554 bits per heavy atom. The van der Waals surface area contributed by atoms with Gasteiger partial charge in [0.15, 0.2) is 0 Å². The number of carboxylic acid groups (broad SMARTS) is 1. The molecule has 0 heterocycles. The lowest BCUT2D eigenvalue weighted by Gasteiger charge is -2.18. The van der Waals surface area contributed by atoms with E-state index < -0.39 is 24.5 Å². The molecule has 4 N–H and O–H groups in total. The highest BCUT2D eigenvalue weighted by Crippen LogP contribution is 2.18. The van der Waals surface area contributed by atoms with E-state index in [1.807, 2.05) is 0 Å². The fourth-order valence-corrected chi connectivity index (χ4v) is 6.16. The monoisotopic (exact) mass is 785 g/mol. The molecule has 0 saturated heterocycles. The first-order chi connectivity index (χ1) is 27.3. The molecule has 9 nitrogen and oxygen atoms in total. The molecule has 0 aromatic heterocycles. The van der Waals surface area contributed by atoms with Gasteiger partial charge in [0.05, 0.1) is 13.2 Å². The van der Waals surface area contributed by atoms with Crippen molar-refractivity contribution in [1.82, 2.24) is 10.6 Å². The van der Waals surface area contributed by atoms with E-state index in [0.717, 1.165) is 89.9 Å². The predicted octanol–water partition coefficient (Wildman–Crippen LogP) is 10.9. The largest absolute Gasteiger partial charge is 0.480 e. The summed E-state index contributed by atoms with van der Waals surface area (Å²) in [5, 5.41) is 22.6. The molecule has 2 amide bonds. The molecule has 0 radical (unpaired) electrons. The van der Waals surface area contributed by atoms with E-state index in [2.05, 4.69) is 85.2 Å². The summed E-state index contributed by atoms with van der Waals surface area (Å²) in [6, 6.07) is -1.39. The number of unbranched alkanes of at least 4 members (excludes halogenated alkanes) is 15. The highest BCUT2D eigenvalue weighted by atomic mass is 16.5. The standard InChI is InChI=1S/C47H80N2O7/c1-3-5-7-9-11-13-15-16-17-18-19-20-22-24-26-31-35-39-46(53)56-42(36-32-28-25-23-21-14-12-10-8-6-4-2)37-33-29-27-30-34-38-44(51)48-40-45(52)49-43(41-50)47(54)55/h5,7,11,13,16-17,19-20,24,26,42-43,50H,3-4,6,8-10,12,14-15,18,21-23,25,27-41H2,1-2H3,(H,48,51)(H,49,52)(H,54,55)/b7-5-,13-11-,17-16-,20-19-,26-24-. The minimum atomic E-state index is -1.39. The quantitative estimate of drug-likeness (QED) is 0.0276. The number of carboxylic acids is 1. The van der Waals surface area contributed by atoms with E-state index in [0.29, 0.717) is 12.8 Å². The van der Waals surface area contributed by atoms with Crippen molar-refractivity contribution < 1.29 is 34.1 Å². The molecular formula is C47H80N2O7. The number of esters is 1. The van der Waals surface area contributed by atoms with Crippen LogP contribution in [0, 0.1) is 0 Å². The number of aliphatic hydroxyl groups is 1. The average Bonchev–Trinajstić information content (AvgIpc) is 3.18. The van der Waals surface area contributed by atoms with E-state index in [9.17, 15) is 19.2 Å². The lowest BCUT2D eigenvalue weighted by atomic mass is 10.0. The lowest BCUT2D eigenvalue weighted by Crippen LogP contribution is -2.47.